The molecule has 0 atom stereocenters. The van der Waals surface area contributed by atoms with Crippen molar-refractivity contribution in [2.45, 2.75) is 38.5 Å². The first kappa shape index (κ1) is 20.3. The molecule has 4 fully saturated rings. The number of carbonyl (C=O) groups excluding carboxylic acids is 1. The van der Waals surface area contributed by atoms with Crippen molar-refractivity contribution in [1.82, 2.24) is 0 Å². The van der Waals surface area contributed by atoms with E-state index in [1.165, 1.54) is 19.3 Å². The quantitative estimate of drug-likeness (QED) is 0.434. The molecule has 33 heavy (non-hydrogen) atoms. The Bertz CT molecular complexity index is 1050. The molecule has 0 aromatic heterocycles. The predicted molar refractivity (Wildman–Crippen MR) is 129 cm³/mol. The predicted octanol–water partition coefficient (Wildman–Crippen LogP) is 7.43. The first-order valence-corrected chi connectivity index (χ1v) is 12.1. The molecule has 1 amide bonds. The number of carbonyl (C=O) groups is 1. The molecule has 4 nitrogen and oxygen atoms in total. The van der Waals surface area contributed by atoms with Gasteiger partial charge in [-0.2, -0.15) is 0 Å². The van der Waals surface area contributed by atoms with Gasteiger partial charge >= 0.3 is 0 Å². The molecule has 0 unspecified atom stereocenters. The summed E-state index contributed by atoms with van der Waals surface area (Å²) in [4.78, 5) is 13.6. The molecule has 168 valence electrons. The molecular formula is C29H29NO3. The van der Waals surface area contributed by atoms with E-state index in [4.69, 9.17) is 9.47 Å². The lowest BCUT2D eigenvalue weighted by Crippen LogP contribution is -2.51. The summed E-state index contributed by atoms with van der Waals surface area (Å²) in [6, 6.07) is 25.0. The highest BCUT2D eigenvalue weighted by atomic mass is 16.5. The number of rotatable bonds is 6. The Morgan fingerprint density at radius 3 is 1.58 bits per heavy atom. The van der Waals surface area contributed by atoms with Gasteiger partial charge in [-0.1, -0.05) is 36.4 Å². The van der Waals surface area contributed by atoms with Gasteiger partial charge in [-0.25, -0.2) is 0 Å². The summed E-state index contributed by atoms with van der Waals surface area (Å²) in [7, 11) is 0. The highest BCUT2D eigenvalue weighted by Gasteiger charge is 2.54. The van der Waals surface area contributed by atoms with Crippen LogP contribution >= 0.6 is 0 Å². The van der Waals surface area contributed by atoms with Crippen molar-refractivity contribution in [2.75, 3.05) is 5.32 Å². The first-order chi connectivity index (χ1) is 16.1. The van der Waals surface area contributed by atoms with Gasteiger partial charge in [0, 0.05) is 23.9 Å². The topological polar surface area (TPSA) is 47.6 Å². The molecule has 0 spiro atoms. The van der Waals surface area contributed by atoms with Gasteiger partial charge in [-0.3, -0.25) is 4.79 Å². The average Bonchev–Trinajstić information content (AvgIpc) is 2.79. The molecule has 0 aliphatic heterocycles. The fraction of sp³-hybridized carbons (Fsp3) is 0.345. The SMILES string of the molecule is O=C(Nc1cc(Oc2ccccc2)cc(Oc2ccccc2)c1)C12CC3CC(CC(C3)C1)C2. The Balaban J connectivity index is 1.28. The zero-order chi connectivity index (χ0) is 22.3. The number of amides is 1. The van der Waals surface area contributed by atoms with Crippen molar-refractivity contribution in [1.29, 1.82) is 0 Å². The monoisotopic (exact) mass is 439 g/mol. The zero-order valence-electron chi connectivity index (χ0n) is 18.7. The highest BCUT2D eigenvalue weighted by molar-refractivity contribution is 5.96. The van der Waals surface area contributed by atoms with Crippen LogP contribution in [0.4, 0.5) is 5.69 Å². The largest absolute Gasteiger partial charge is 0.457 e. The second-order valence-electron chi connectivity index (χ2n) is 10.2. The van der Waals surface area contributed by atoms with Crippen molar-refractivity contribution >= 4 is 11.6 Å². The lowest BCUT2D eigenvalue weighted by atomic mass is 9.49. The highest BCUT2D eigenvalue weighted by Crippen LogP contribution is 2.60. The number of hydrogen-bond donors (Lipinski definition) is 1. The van der Waals surface area contributed by atoms with Crippen LogP contribution in [0.15, 0.2) is 78.9 Å². The number of ether oxygens (including phenoxy) is 2. The molecule has 4 bridgehead atoms. The summed E-state index contributed by atoms with van der Waals surface area (Å²) in [6.45, 7) is 0. The molecule has 1 N–H and O–H groups in total. The van der Waals surface area contributed by atoms with Crippen LogP contribution in [0, 0.1) is 23.2 Å². The fourth-order valence-corrected chi connectivity index (χ4v) is 6.66. The average molecular weight is 440 g/mol. The van der Waals surface area contributed by atoms with Gasteiger partial charge in [0.25, 0.3) is 0 Å². The van der Waals surface area contributed by atoms with E-state index in [1.807, 2.05) is 78.9 Å². The minimum atomic E-state index is -0.203. The van der Waals surface area contributed by atoms with E-state index < -0.39 is 0 Å². The van der Waals surface area contributed by atoms with Gasteiger partial charge in [0.15, 0.2) is 0 Å². The van der Waals surface area contributed by atoms with Gasteiger partial charge in [0.05, 0.1) is 5.41 Å². The van der Waals surface area contributed by atoms with Crippen LogP contribution < -0.4 is 14.8 Å². The minimum Gasteiger partial charge on any atom is -0.457 e. The smallest absolute Gasteiger partial charge is 0.230 e. The van der Waals surface area contributed by atoms with Crippen LogP contribution in [-0.4, -0.2) is 5.91 Å². The molecule has 0 heterocycles. The molecule has 4 aliphatic rings. The summed E-state index contributed by atoms with van der Waals surface area (Å²) in [5.41, 5.74) is 0.515. The number of hydrogen-bond acceptors (Lipinski definition) is 3. The van der Waals surface area contributed by atoms with E-state index in [2.05, 4.69) is 5.32 Å². The molecule has 4 heteroatoms. The Morgan fingerprint density at radius 1 is 0.667 bits per heavy atom. The van der Waals surface area contributed by atoms with E-state index in [0.717, 1.165) is 54.2 Å². The maximum atomic E-state index is 13.6. The van der Waals surface area contributed by atoms with Crippen LogP contribution in [-0.2, 0) is 4.79 Å². The molecular weight excluding hydrogens is 410 g/mol. The second kappa shape index (κ2) is 8.26. The lowest BCUT2D eigenvalue weighted by molar-refractivity contribution is -0.140. The molecule has 0 saturated heterocycles. The summed E-state index contributed by atoms with van der Waals surface area (Å²) >= 11 is 0. The molecule has 3 aromatic rings. The Hall–Kier alpha value is -3.27. The number of benzene rings is 3. The Labute approximate surface area is 194 Å². The number of nitrogens with one attached hydrogen (secondary N) is 1. The van der Waals surface area contributed by atoms with E-state index in [-0.39, 0.29) is 11.3 Å². The molecule has 4 aliphatic carbocycles. The third-order valence-corrected chi connectivity index (χ3v) is 7.62. The van der Waals surface area contributed by atoms with Crippen LogP contribution in [0.3, 0.4) is 0 Å². The van der Waals surface area contributed by atoms with Crippen molar-refractivity contribution in [2.24, 2.45) is 23.2 Å². The van der Waals surface area contributed by atoms with Gasteiger partial charge in [0.2, 0.25) is 5.91 Å². The van der Waals surface area contributed by atoms with E-state index in [1.54, 1.807) is 0 Å². The van der Waals surface area contributed by atoms with Crippen LogP contribution in [0.2, 0.25) is 0 Å². The lowest BCUT2D eigenvalue weighted by Gasteiger charge is -2.55. The Kier molecular flexibility index (Phi) is 5.09. The van der Waals surface area contributed by atoms with Crippen molar-refractivity contribution < 1.29 is 14.3 Å². The van der Waals surface area contributed by atoms with Crippen LogP contribution in [0.5, 0.6) is 23.0 Å². The fourth-order valence-electron chi connectivity index (χ4n) is 6.66. The maximum Gasteiger partial charge on any atom is 0.230 e. The molecule has 3 aromatic carbocycles. The number of anilines is 1. The van der Waals surface area contributed by atoms with Gasteiger partial charge in [0.1, 0.15) is 23.0 Å². The standard InChI is InChI=1S/C29H29NO3/c31-28(29-17-20-11-21(18-29)13-22(12-20)19-29)30-23-14-26(32-24-7-3-1-4-8-24)16-27(15-23)33-25-9-5-2-6-10-25/h1-10,14-16,20-22H,11-13,17-19H2,(H,30,31). The van der Waals surface area contributed by atoms with Crippen molar-refractivity contribution in [3.8, 4) is 23.0 Å². The van der Waals surface area contributed by atoms with Crippen LogP contribution in [0.1, 0.15) is 38.5 Å². The minimum absolute atomic E-state index is 0.170. The van der Waals surface area contributed by atoms with E-state index in [0.29, 0.717) is 11.5 Å². The summed E-state index contributed by atoms with van der Waals surface area (Å²) in [5, 5.41) is 3.25. The van der Waals surface area contributed by atoms with Crippen molar-refractivity contribution in [3.63, 3.8) is 0 Å². The Morgan fingerprint density at radius 2 is 1.12 bits per heavy atom. The second-order valence-corrected chi connectivity index (χ2v) is 10.2. The van der Waals surface area contributed by atoms with Crippen LogP contribution in [0.25, 0.3) is 0 Å². The van der Waals surface area contributed by atoms with E-state index in [9.17, 15) is 4.79 Å². The molecule has 7 rings (SSSR count). The molecule has 0 radical (unpaired) electrons. The zero-order valence-corrected chi connectivity index (χ0v) is 18.7. The van der Waals surface area contributed by atoms with E-state index >= 15 is 0 Å². The molecule has 4 saturated carbocycles. The third-order valence-electron chi connectivity index (χ3n) is 7.62. The van der Waals surface area contributed by atoms with Gasteiger partial charge < -0.3 is 14.8 Å². The van der Waals surface area contributed by atoms with Gasteiger partial charge in [-0.05, 0) is 80.5 Å². The van der Waals surface area contributed by atoms with Crippen molar-refractivity contribution in [3.05, 3.63) is 78.9 Å². The maximum absolute atomic E-state index is 13.6. The summed E-state index contributed by atoms with van der Waals surface area (Å²) in [5.74, 6) is 5.11. The normalized spacial score (nSPS) is 27.2. The summed E-state index contributed by atoms with van der Waals surface area (Å²) < 4.78 is 12.2. The third kappa shape index (κ3) is 4.22. The first-order valence-electron chi connectivity index (χ1n) is 12.1. The number of para-hydroxylation sites is 2. The summed E-state index contributed by atoms with van der Waals surface area (Å²) in [6.07, 6.45) is 7.08. The van der Waals surface area contributed by atoms with Gasteiger partial charge in [-0.15, -0.1) is 0 Å².